The number of hydrogen-bond donors (Lipinski definition) is 2. The Labute approximate surface area is 172 Å². The van der Waals surface area contributed by atoms with Crippen LogP contribution in [0.2, 0.25) is 0 Å². The lowest BCUT2D eigenvalue weighted by Crippen LogP contribution is -2.56. The molecule has 3 amide bonds. The molecule has 3 atom stereocenters. The van der Waals surface area contributed by atoms with Gasteiger partial charge >= 0.3 is 12.1 Å². The average molecular weight is 455 g/mol. The molecule has 0 saturated carbocycles. The van der Waals surface area contributed by atoms with Crippen molar-refractivity contribution in [3.05, 3.63) is 24.0 Å². The number of benzene rings is 1. The summed E-state index contributed by atoms with van der Waals surface area (Å²) in [5.74, 6) is -10.6. The minimum atomic E-state index is -5.87. The summed E-state index contributed by atoms with van der Waals surface area (Å²) in [5.41, 5.74) is 0.0915. The van der Waals surface area contributed by atoms with Gasteiger partial charge in [-0.1, -0.05) is 0 Å². The van der Waals surface area contributed by atoms with Crippen molar-refractivity contribution >= 4 is 23.4 Å². The van der Waals surface area contributed by atoms with E-state index in [4.69, 9.17) is 4.74 Å². The third-order valence-electron chi connectivity index (χ3n) is 4.64. The third kappa shape index (κ3) is 5.20. The highest BCUT2D eigenvalue weighted by Gasteiger charge is 2.57. The standard InChI is InChI=1S/C18H19F6N3O4/c1-8(14(28)25-7-17(20,21)18(22,23)24)15(29)26-13-9(2)31-12-5-4-10(19)6-11(12)27(3)16(13)30/h4-6,8-9,13H,7H2,1-3H3,(H,25,28)(H,26,29). The first-order valence-electron chi connectivity index (χ1n) is 8.92. The number of alkyl halides is 5. The molecule has 1 aromatic rings. The van der Waals surface area contributed by atoms with E-state index in [-0.39, 0.29) is 11.4 Å². The van der Waals surface area contributed by atoms with Gasteiger partial charge < -0.3 is 20.3 Å². The summed E-state index contributed by atoms with van der Waals surface area (Å²) in [4.78, 5) is 38.0. The fourth-order valence-electron chi connectivity index (χ4n) is 2.68. The zero-order valence-electron chi connectivity index (χ0n) is 16.5. The van der Waals surface area contributed by atoms with E-state index < -0.39 is 60.2 Å². The quantitative estimate of drug-likeness (QED) is 0.525. The molecule has 1 aliphatic rings. The number of halogens is 6. The van der Waals surface area contributed by atoms with Gasteiger partial charge in [0.05, 0.1) is 12.2 Å². The van der Waals surface area contributed by atoms with Crippen LogP contribution in [0.5, 0.6) is 5.75 Å². The normalized spacial score (nSPS) is 20.3. The number of rotatable bonds is 5. The molecule has 2 N–H and O–H groups in total. The van der Waals surface area contributed by atoms with Gasteiger partial charge in [0.15, 0.2) is 0 Å². The predicted octanol–water partition coefficient (Wildman–Crippen LogP) is 2.00. The Morgan fingerprint density at radius 2 is 1.81 bits per heavy atom. The summed E-state index contributed by atoms with van der Waals surface area (Å²) in [7, 11) is 1.30. The fraction of sp³-hybridized carbons (Fsp3) is 0.500. The number of likely N-dealkylation sites (N-methyl/N-ethyl adjacent to an activating group) is 1. The van der Waals surface area contributed by atoms with Gasteiger partial charge in [0, 0.05) is 13.1 Å². The van der Waals surface area contributed by atoms with E-state index in [2.05, 4.69) is 5.32 Å². The highest BCUT2D eigenvalue weighted by molar-refractivity contribution is 6.04. The van der Waals surface area contributed by atoms with Gasteiger partial charge in [-0.3, -0.25) is 14.4 Å². The second-order valence-corrected chi connectivity index (χ2v) is 6.96. The number of hydrogen-bond acceptors (Lipinski definition) is 4. The van der Waals surface area contributed by atoms with E-state index in [1.165, 1.54) is 25.4 Å². The third-order valence-corrected chi connectivity index (χ3v) is 4.64. The van der Waals surface area contributed by atoms with Crippen molar-refractivity contribution in [2.75, 3.05) is 18.5 Å². The van der Waals surface area contributed by atoms with E-state index in [9.17, 15) is 40.7 Å². The maximum Gasteiger partial charge on any atom is 0.455 e. The van der Waals surface area contributed by atoms with Gasteiger partial charge in [-0.25, -0.2) is 4.39 Å². The maximum atomic E-state index is 13.5. The van der Waals surface area contributed by atoms with Crippen molar-refractivity contribution in [3.8, 4) is 5.75 Å². The van der Waals surface area contributed by atoms with E-state index in [0.717, 1.165) is 24.0 Å². The van der Waals surface area contributed by atoms with Crippen LogP contribution < -0.4 is 20.3 Å². The van der Waals surface area contributed by atoms with E-state index in [0.29, 0.717) is 0 Å². The smallest absolute Gasteiger partial charge is 0.455 e. The van der Waals surface area contributed by atoms with Crippen molar-refractivity contribution in [1.29, 1.82) is 0 Å². The molecule has 0 radical (unpaired) electrons. The average Bonchev–Trinajstić information content (AvgIpc) is 2.75. The molecule has 0 aliphatic carbocycles. The van der Waals surface area contributed by atoms with Crippen molar-refractivity contribution in [2.45, 2.75) is 38.1 Å². The van der Waals surface area contributed by atoms with Crippen LogP contribution in [0.1, 0.15) is 13.8 Å². The Balaban J connectivity index is 2.08. The SMILES string of the molecule is CC(C(=O)NCC(F)(F)C(F)(F)F)C(=O)NC1C(=O)N(C)c2cc(F)ccc2OC1C. The summed E-state index contributed by atoms with van der Waals surface area (Å²) in [6.07, 6.45) is -6.85. The Kier molecular flexibility index (Phi) is 6.76. The van der Waals surface area contributed by atoms with Gasteiger partial charge in [0.1, 0.15) is 29.6 Å². The Morgan fingerprint density at radius 3 is 2.39 bits per heavy atom. The van der Waals surface area contributed by atoms with E-state index >= 15 is 0 Å². The molecule has 2 rings (SSSR count). The topological polar surface area (TPSA) is 87.7 Å². The molecule has 1 aromatic carbocycles. The molecule has 0 spiro atoms. The second-order valence-electron chi connectivity index (χ2n) is 6.96. The van der Waals surface area contributed by atoms with E-state index in [1.54, 1.807) is 0 Å². The van der Waals surface area contributed by atoms with Crippen LogP contribution in [0.25, 0.3) is 0 Å². The van der Waals surface area contributed by atoms with Crippen molar-refractivity contribution in [3.63, 3.8) is 0 Å². The second kappa shape index (κ2) is 8.63. The first-order valence-corrected chi connectivity index (χ1v) is 8.92. The highest BCUT2D eigenvalue weighted by Crippen LogP contribution is 2.35. The van der Waals surface area contributed by atoms with Crippen LogP contribution in [0, 0.1) is 11.7 Å². The number of carbonyl (C=O) groups excluding carboxylic acids is 3. The zero-order valence-corrected chi connectivity index (χ0v) is 16.5. The molecule has 1 aliphatic heterocycles. The van der Waals surface area contributed by atoms with Gasteiger partial charge in [-0.15, -0.1) is 0 Å². The molecule has 0 saturated heterocycles. The Hall–Kier alpha value is -2.99. The zero-order chi connectivity index (χ0) is 23.7. The molecule has 0 fully saturated rings. The van der Waals surface area contributed by atoms with Crippen LogP contribution in [-0.2, 0) is 14.4 Å². The lowest BCUT2D eigenvalue weighted by molar-refractivity contribution is -0.278. The molecular weight excluding hydrogens is 436 g/mol. The lowest BCUT2D eigenvalue weighted by Gasteiger charge is -2.25. The molecule has 0 bridgehead atoms. The van der Waals surface area contributed by atoms with Crippen molar-refractivity contribution in [1.82, 2.24) is 10.6 Å². The summed E-state index contributed by atoms with van der Waals surface area (Å²) in [5, 5.41) is 3.60. The van der Waals surface area contributed by atoms with Crippen LogP contribution in [0.3, 0.4) is 0 Å². The lowest BCUT2D eigenvalue weighted by atomic mass is 10.1. The van der Waals surface area contributed by atoms with Crippen LogP contribution in [0.4, 0.5) is 32.0 Å². The van der Waals surface area contributed by atoms with Crippen LogP contribution in [0.15, 0.2) is 18.2 Å². The van der Waals surface area contributed by atoms with E-state index in [1.807, 2.05) is 0 Å². The molecular formula is C18H19F6N3O4. The Morgan fingerprint density at radius 1 is 1.19 bits per heavy atom. The van der Waals surface area contributed by atoms with Crippen LogP contribution in [-0.4, -0.2) is 55.6 Å². The van der Waals surface area contributed by atoms with Gasteiger partial charge in [-0.2, -0.15) is 22.0 Å². The van der Waals surface area contributed by atoms with Gasteiger partial charge in [0.2, 0.25) is 11.8 Å². The summed E-state index contributed by atoms with van der Waals surface area (Å²) < 4.78 is 81.6. The fourth-order valence-corrected chi connectivity index (χ4v) is 2.68. The number of fused-ring (bicyclic) bond motifs is 1. The predicted molar refractivity (Wildman–Crippen MR) is 95.0 cm³/mol. The molecule has 3 unspecified atom stereocenters. The monoisotopic (exact) mass is 455 g/mol. The number of nitrogens with zero attached hydrogens (tertiary/aromatic N) is 1. The van der Waals surface area contributed by atoms with Gasteiger partial charge in [0.25, 0.3) is 5.91 Å². The summed E-state index contributed by atoms with van der Waals surface area (Å²) in [6, 6.07) is 2.08. The number of anilines is 1. The number of ether oxygens (including phenoxy) is 1. The number of nitrogens with one attached hydrogen (secondary N) is 2. The Bertz CT molecular complexity index is 876. The largest absolute Gasteiger partial charge is 0.486 e. The molecule has 13 heteroatoms. The molecule has 7 nitrogen and oxygen atoms in total. The molecule has 31 heavy (non-hydrogen) atoms. The summed E-state index contributed by atoms with van der Waals surface area (Å²) >= 11 is 0. The molecule has 1 heterocycles. The van der Waals surface area contributed by atoms with Crippen molar-refractivity contribution < 1.29 is 45.5 Å². The number of amides is 3. The maximum absolute atomic E-state index is 13.5. The van der Waals surface area contributed by atoms with Crippen molar-refractivity contribution in [2.24, 2.45) is 5.92 Å². The van der Waals surface area contributed by atoms with Crippen LogP contribution >= 0.6 is 0 Å². The summed E-state index contributed by atoms with van der Waals surface area (Å²) in [6.45, 7) is 0.346. The van der Waals surface area contributed by atoms with Gasteiger partial charge in [-0.05, 0) is 26.0 Å². The number of carbonyl (C=O) groups is 3. The first kappa shape index (κ1) is 24.3. The molecule has 172 valence electrons. The minimum Gasteiger partial charge on any atom is -0.486 e. The first-order chi connectivity index (χ1) is 14.2. The molecule has 0 aromatic heterocycles. The highest BCUT2D eigenvalue weighted by atomic mass is 19.4. The minimum absolute atomic E-state index is 0.0915.